The molecule has 3 N–H and O–H groups in total. The second-order valence-corrected chi connectivity index (χ2v) is 16.9. The molecule has 0 bridgehead atoms. The number of aliphatic hydroxyl groups excluding tert-OH is 2. The molecule has 3 unspecified atom stereocenters. The molecular weight excluding hydrogens is 755 g/mol. The van der Waals surface area contributed by atoms with Crippen LogP contribution in [-0.2, 0) is 14.3 Å². The third-order valence-electron chi connectivity index (χ3n) is 11.1. The van der Waals surface area contributed by atoms with E-state index in [2.05, 4.69) is 68.6 Å². The second kappa shape index (κ2) is 48.1. The fraction of sp³-hybridized carbons (Fsp3) is 0.709. The quantitative estimate of drug-likeness (QED) is 0.0246. The molecule has 0 aliphatic heterocycles. The van der Waals surface area contributed by atoms with Crippen molar-refractivity contribution in [1.82, 2.24) is 5.32 Å². The van der Waals surface area contributed by atoms with E-state index in [1.165, 1.54) is 77.0 Å². The minimum Gasteiger partial charge on any atom is -0.462 e. The molecule has 350 valence electrons. The van der Waals surface area contributed by atoms with Gasteiger partial charge in [0.1, 0.15) is 6.10 Å². The predicted molar refractivity (Wildman–Crippen MR) is 264 cm³/mol. The number of amides is 1. The Balaban J connectivity index is 4.64. The first-order valence-electron chi connectivity index (χ1n) is 25.4. The van der Waals surface area contributed by atoms with Crippen molar-refractivity contribution in [2.75, 3.05) is 6.61 Å². The number of esters is 1. The number of carbonyl (C=O) groups excluding carboxylic acids is 2. The van der Waals surface area contributed by atoms with Crippen molar-refractivity contribution in [3.8, 4) is 0 Å². The molecule has 0 saturated heterocycles. The molecular formula is C55H95NO5. The maximum atomic E-state index is 13.2. The summed E-state index contributed by atoms with van der Waals surface area (Å²) >= 11 is 0. The number of allylic oxidation sites excluding steroid dienone is 14. The zero-order valence-electron chi connectivity index (χ0n) is 39.8. The summed E-state index contributed by atoms with van der Waals surface area (Å²) < 4.78 is 5.90. The lowest BCUT2D eigenvalue weighted by Crippen LogP contribution is -2.46. The number of hydrogen-bond acceptors (Lipinski definition) is 5. The van der Waals surface area contributed by atoms with Gasteiger partial charge in [-0.1, -0.05) is 228 Å². The number of hydrogen-bond donors (Lipinski definition) is 3. The van der Waals surface area contributed by atoms with Gasteiger partial charge in [-0.15, -0.1) is 0 Å². The van der Waals surface area contributed by atoms with E-state index >= 15 is 0 Å². The van der Waals surface area contributed by atoms with E-state index in [1.54, 1.807) is 0 Å². The lowest BCUT2D eigenvalue weighted by atomic mass is 10.0. The Morgan fingerprint density at radius 3 is 1.52 bits per heavy atom. The first-order valence-corrected chi connectivity index (χ1v) is 25.4. The molecule has 6 heteroatoms. The van der Waals surface area contributed by atoms with Gasteiger partial charge in [-0.3, -0.25) is 9.59 Å². The van der Waals surface area contributed by atoms with E-state index < -0.39 is 18.2 Å². The topological polar surface area (TPSA) is 95.9 Å². The Hall–Kier alpha value is -2.96. The Labute approximate surface area is 376 Å². The SMILES string of the molecule is CC/C=C/C=C/C=C\C=C/C=C/CCCCCC(=O)OC(CCCCCCC/C=C/C/C=C/CC)CC(=O)NC(CO)C(O)CCCCCCCCCCCCCCCCC. The zero-order valence-corrected chi connectivity index (χ0v) is 39.8. The highest BCUT2D eigenvalue weighted by atomic mass is 16.5. The fourth-order valence-electron chi connectivity index (χ4n) is 7.31. The van der Waals surface area contributed by atoms with Gasteiger partial charge in [0, 0.05) is 6.42 Å². The van der Waals surface area contributed by atoms with Crippen LogP contribution in [0.1, 0.15) is 226 Å². The maximum absolute atomic E-state index is 13.2. The van der Waals surface area contributed by atoms with Gasteiger partial charge in [0.15, 0.2) is 0 Å². The molecule has 0 rings (SSSR count). The largest absolute Gasteiger partial charge is 0.462 e. The normalized spacial score (nSPS) is 14.0. The Morgan fingerprint density at radius 1 is 0.508 bits per heavy atom. The molecule has 1 amide bonds. The molecule has 0 fully saturated rings. The van der Waals surface area contributed by atoms with Gasteiger partial charge >= 0.3 is 5.97 Å². The van der Waals surface area contributed by atoms with Crippen LogP contribution in [0.5, 0.6) is 0 Å². The van der Waals surface area contributed by atoms with Gasteiger partial charge in [-0.05, 0) is 70.6 Å². The minimum absolute atomic E-state index is 0.0465. The zero-order chi connectivity index (χ0) is 44.5. The van der Waals surface area contributed by atoms with E-state index in [4.69, 9.17) is 4.74 Å². The van der Waals surface area contributed by atoms with Gasteiger partial charge in [0.05, 0.1) is 25.2 Å². The Morgan fingerprint density at radius 2 is 0.967 bits per heavy atom. The van der Waals surface area contributed by atoms with Gasteiger partial charge < -0.3 is 20.3 Å². The van der Waals surface area contributed by atoms with E-state index in [-0.39, 0.29) is 24.9 Å². The number of aliphatic hydroxyl groups is 2. The third kappa shape index (κ3) is 43.5. The standard InChI is InChI=1S/C55H95NO5/c1-4-7-10-13-16-19-22-25-27-29-32-35-38-41-44-47-53(58)52(50-57)56-54(59)49-51(46-43-40-37-34-31-24-21-18-15-12-9-6-3)61-55(60)48-45-42-39-36-33-30-28-26-23-20-17-14-11-8-5-2/h8-9,11-12,14,17-18,20-21,23,26,28,30,33,51-53,57-58H,4-7,10,13,15-16,19,22,24-25,27,29,31-32,34-50H2,1-3H3,(H,56,59)/b11-8+,12-9+,17-14+,21-18+,23-20-,28-26-,33-30+. The van der Waals surface area contributed by atoms with Crippen LogP contribution >= 0.6 is 0 Å². The van der Waals surface area contributed by atoms with Crippen molar-refractivity contribution in [3.63, 3.8) is 0 Å². The highest BCUT2D eigenvalue weighted by Crippen LogP contribution is 2.17. The molecule has 0 aliphatic carbocycles. The molecule has 0 saturated carbocycles. The van der Waals surface area contributed by atoms with Crippen molar-refractivity contribution >= 4 is 11.9 Å². The fourth-order valence-corrected chi connectivity index (χ4v) is 7.31. The number of carbonyl (C=O) groups is 2. The Bertz CT molecular complexity index is 1180. The smallest absolute Gasteiger partial charge is 0.306 e. The summed E-state index contributed by atoms with van der Waals surface area (Å²) in [4.78, 5) is 26.1. The highest BCUT2D eigenvalue weighted by molar-refractivity contribution is 5.77. The molecule has 3 atom stereocenters. The number of unbranched alkanes of at least 4 members (excludes halogenated alkanes) is 22. The lowest BCUT2D eigenvalue weighted by Gasteiger charge is -2.24. The summed E-state index contributed by atoms with van der Waals surface area (Å²) in [6.45, 7) is 6.22. The average molecular weight is 850 g/mol. The van der Waals surface area contributed by atoms with Crippen LogP contribution in [-0.4, -0.2) is 46.9 Å². The summed E-state index contributed by atoms with van der Waals surface area (Å²) in [6, 6.07) is -0.719. The number of nitrogens with one attached hydrogen (secondary N) is 1. The Kier molecular flexibility index (Phi) is 45.7. The van der Waals surface area contributed by atoms with Crippen LogP contribution in [0.4, 0.5) is 0 Å². The summed E-state index contributed by atoms with van der Waals surface area (Å²) in [6.07, 6.45) is 62.1. The summed E-state index contributed by atoms with van der Waals surface area (Å²) in [5.74, 6) is -0.542. The van der Waals surface area contributed by atoms with Crippen LogP contribution in [0.25, 0.3) is 0 Å². The first-order chi connectivity index (χ1) is 30.0. The molecule has 61 heavy (non-hydrogen) atoms. The van der Waals surface area contributed by atoms with Gasteiger partial charge in [0.25, 0.3) is 0 Å². The van der Waals surface area contributed by atoms with Crippen molar-refractivity contribution in [2.45, 2.75) is 244 Å². The number of rotatable bonds is 44. The molecule has 6 nitrogen and oxygen atoms in total. The third-order valence-corrected chi connectivity index (χ3v) is 11.1. The molecule has 0 spiro atoms. The second-order valence-electron chi connectivity index (χ2n) is 16.9. The van der Waals surface area contributed by atoms with Crippen molar-refractivity contribution in [1.29, 1.82) is 0 Å². The summed E-state index contributed by atoms with van der Waals surface area (Å²) in [7, 11) is 0. The van der Waals surface area contributed by atoms with E-state index in [1.807, 2.05) is 42.5 Å². The van der Waals surface area contributed by atoms with Crippen LogP contribution in [0.3, 0.4) is 0 Å². The van der Waals surface area contributed by atoms with E-state index in [9.17, 15) is 19.8 Å². The lowest BCUT2D eigenvalue weighted by molar-refractivity contribution is -0.151. The minimum atomic E-state index is -0.803. The van der Waals surface area contributed by atoms with Gasteiger partial charge in [-0.25, -0.2) is 0 Å². The predicted octanol–water partition coefficient (Wildman–Crippen LogP) is 15.2. The first kappa shape index (κ1) is 58.0. The van der Waals surface area contributed by atoms with Crippen molar-refractivity contribution < 1.29 is 24.5 Å². The van der Waals surface area contributed by atoms with Crippen LogP contribution in [0.15, 0.2) is 85.1 Å². The van der Waals surface area contributed by atoms with Crippen LogP contribution in [0.2, 0.25) is 0 Å². The average Bonchev–Trinajstić information content (AvgIpc) is 3.25. The van der Waals surface area contributed by atoms with Crippen LogP contribution < -0.4 is 5.32 Å². The molecule has 0 heterocycles. The van der Waals surface area contributed by atoms with Crippen molar-refractivity contribution in [2.24, 2.45) is 0 Å². The van der Waals surface area contributed by atoms with Crippen molar-refractivity contribution in [3.05, 3.63) is 85.1 Å². The molecule has 0 aromatic carbocycles. The van der Waals surface area contributed by atoms with Crippen LogP contribution in [0, 0.1) is 0 Å². The monoisotopic (exact) mass is 850 g/mol. The summed E-state index contributed by atoms with van der Waals surface area (Å²) in [5.41, 5.74) is 0. The van der Waals surface area contributed by atoms with Gasteiger partial charge in [0.2, 0.25) is 5.91 Å². The number of ether oxygens (including phenoxy) is 1. The summed E-state index contributed by atoms with van der Waals surface area (Å²) in [5, 5.41) is 23.8. The molecule has 0 aliphatic rings. The molecule has 0 aromatic rings. The molecule has 0 aromatic heterocycles. The molecule has 0 radical (unpaired) electrons. The highest BCUT2D eigenvalue weighted by Gasteiger charge is 2.24. The van der Waals surface area contributed by atoms with Gasteiger partial charge in [-0.2, -0.15) is 0 Å². The maximum Gasteiger partial charge on any atom is 0.306 e. The van der Waals surface area contributed by atoms with E-state index in [0.717, 1.165) is 103 Å². The van der Waals surface area contributed by atoms with E-state index in [0.29, 0.717) is 19.3 Å².